The Kier molecular flexibility index (Phi) is 6.06. The van der Waals surface area contributed by atoms with E-state index < -0.39 is 22.9 Å². The van der Waals surface area contributed by atoms with Crippen molar-refractivity contribution < 1.29 is 24.0 Å². The minimum atomic E-state index is -1.19. The summed E-state index contributed by atoms with van der Waals surface area (Å²) >= 11 is 0. The van der Waals surface area contributed by atoms with Gasteiger partial charge in [0.15, 0.2) is 6.10 Å². The van der Waals surface area contributed by atoms with Crippen LogP contribution in [0.25, 0.3) is 0 Å². The number of nitrogens with zero attached hydrogens (tertiary/aromatic N) is 2. The number of benzene rings is 2. The van der Waals surface area contributed by atoms with E-state index in [4.69, 9.17) is 14.7 Å². The van der Waals surface area contributed by atoms with Crippen LogP contribution in [0, 0.1) is 21.4 Å². The number of nitro benzene ring substituents is 1. The van der Waals surface area contributed by atoms with Crippen LogP contribution < -0.4 is 10.1 Å². The Balaban J connectivity index is 2.11. The lowest BCUT2D eigenvalue weighted by Crippen LogP contribution is -2.30. The predicted molar refractivity (Wildman–Crippen MR) is 94.3 cm³/mol. The molecule has 1 atom stereocenters. The van der Waals surface area contributed by atoms with E-state index in [9.17, 15) is 19.7 Å². The molecule has 0 aliphatic heterocycles. The van der Waals surface area contributed by atoms with Crippen LogP contribution in [0.3, 0.4) is 0 Å². The SMILES string of the molecule is COc1ccc([N+](=O)[O-])cc1NC(=O)[C@H](C)OC(=O)c1cccc(C#N)c1. The highest BCUT2D eigenvalue weighted by Crippen LogP contribution is 2.29. The molecule has 138 valence electrons. The monoisotopic (exact) mass is 369 g/mol. The Hall–Kier alpha value is -3.93. The molecule has 1 amide bonds. The van der Waals surface area contributed by atoms with Gasteiger partial charge in [-0.3, -0.25) is 14.9 Å². The number of carbonyl (C=O) groups excluding carboxylic acids is 2. The van der Waals surface area contributed by atoms with E-state index in [1.54, 1.807) is 0 Å². The first-order valence-electron chi connectivity index (χ1n) is 7.70. The largest absolute Gasteiger partial charge is 0.495 e. The second-order valence-electron chi connectivity index (χ2n) is 5.37. The summed E-state index contributed by atoms with van der Waals surface area (Å²) in [6.45, 7) is 1.35. The highest BCUT2D eigenvalue weighted by Gasteiger charge is 2.21. The third-order valence-electron chi connectivity index (χ3n) is 3.53. The Labute approximate surface area is 154 Å². The molecule has 0 unspecified atom stereocenters. The first-order valence-corrected chi connectivity index (χ1v) is 7.70. The topological polar surface area (TPSA) is 132 Å². The summed E-state index contributed by atoms with van der Waals surface area (Å²) in [5, 5.41) is 22.2. The number of nitriles is 1. The van der Waals surface area contributed by atoms with Crippen molar-refractivity contribution in [2.75, 3.05) is 12.4 Å². The Bertz CT molecular complexity index is 935. The number of rotatable bonds is 6. The second-order valence-corrected chi connectivity index (χ2v) is 5.37. The summed E-state index contributed by atoms with van der Waals surface area (Å²) < 4.78 is 10.1. The van der Waals surface area contributed by atoms with Gasteiger partial charge in [0.05, 0.1) is 34.9 Å². The van der Waals surface area contributed by atoms with Gasteiger partial charge in [-0.05, 0) is 31.2 Å². The summed E-state index contributed by atoms with van der Waals surface area (Å²) in [5.41, 5.74) is 0.250. The molecule has 27 heavy (non-hydrogen) atoms. The highest BCUT2D eigenvalue weighted by atomic mass is 16.6. The Morgan fingerprint density at radius 3 is 2.63 bits per heavy atom. The molecule has 2 aromatic rings. The summed E-state index contributed by atoms with van der Waals surface area (Å²) in [4.78, 5) is 34.7. The van der Waals surface area contributed by atoms with Gasteiger partial charge >= 0.3 is 5.97 Å². The van der Waals surface area contributed by atoms with Crippen LogP contribution in [0.15, 0.2) is 42.5 Å². The van der Waals surface area contributed by atoms with Gasteiger partial charge in [-0.2, -0.15) is 5.26 Å². The molecule has 2 aromatic carbocycles. The van der Waals surface area contributed by atoms with Crippen molar-refractivity contribution >= 4 is 23.3 Å². The smallest absolute Gasteiger partial charge is 0.338 e. The normalized spacial score (nSPS) is 11.0. The van der Waals surface area contributed by atoms with Crippen LogP contribution in [0.1, 0.15) is 22.8 Å². The predicted octanol–water partition coefficient (Wildman–Crippen LogP) is 2.66. The van der Waals surface area contributed by atoms with Crippen LogP contribution in [0.5, 0.6) is 5.75 Å². The molecule has 0 saturated heterocycles. The number of methoxy groups -OCH3 is 1. The lowest BCUT2D eigenvalue weighted by Gasteiger charge is -2.15. The van der Waals surface area contributed by atoms with Crippen molar-refractivity contribution in [1.82, 2.24) is 0 Å². The van der Waals surface area contributed by atoms with E-state index in [0.717, 1.165) is 6.07 Å². The lowest BCUT2D eigenvalue weighted by atomic mass is 10.1. The molecule has 0 fully saturated rings. The Morgan fingerprint density at radius 2 is 2.00 bits per heavy atom. The van der Waals surface area contributed by atoms with Crippen molar-refractivity contribution in [2.45, 2.75) is 13.0 Å². The van der Waals surface area contributed by atoms with E-state index in [0.29, 0.717) is 0 Å². The summed E-state index contributed by atoms with van der Waals surface area (Å²) in [6.07, 6.45) is -1.19. The minimum absolute atomic E-state index is 0.0751. The molecule has 2 rings (SSSR count). The third-order valence-corrected chi connectivity index (χ3v) is 3.53. The number of amides is 1. The summed E-state index contributed by atoms with van der Waals surface area (Å²) in [6, 6.07) is 11.5. The fraction of sp³-hybridized carbons (Fsp3) is 0.167. The fourth-order valence-corrected chi connectivity index (χ4v) is 2.14. The van der Waals surface area contributed by atoms with Crippen molar-refractivity contribution in [2.24, 2.45) is 0 Å². The molecule has 9 nitrogen and oxygen atoms in total. The van der Waals surface area contributed by atoms with Gasteiger partial charge in [-0.15, -0.1) is 0 Å². The number of non-ortho nitro benzene ring substituents is 1. The fourth-order valence-electron chi connectivity index (χ4n) is 2.14. The van der Waals surface area contributed by atoms with Crippen molar-refractivity contribution in [3.05, 3.63) is 63.7 Å². The number of esters is 1. The van der Waals surface area contributed by atoms with Gasteiger partial charge in [-0.1, -0.05) is 6.07 Å². The lowest BCUT2D eigenvalue weighted by molar-refractivity contribution is -0.384. The van der Waals surface area contributed by atoms with E-state index in [1.165, 1.54) is 50.4 Å². The van der Waals surface area contributed by atoms with Crippen molar-refractivity contribution in [3.8, 4) is 11.8 Å². The maximum absolute atomic E-state index is 12.3. The van der Waals surface area contributed by atoms with Crippen LogP contribution >= 0.6 is 0 Å². The molecule has 1 N–H and O–H groups in total. The summed E-state index contributed by atoms with van der Waals surface area (Å²) in [7, 11) is 1.35. The van der Waals surface area contributed by atoms with E-state index >= 15 is 0 Å². The number of hydrogen-bond acceptors (Lipinski definition) is 7. The zero-order chi connectivity index (χ0) is 20.0. The molecule has 0 radical (unpaired) electrons. The number of carbonyl (C=O) groups is 2. The quantitative estimate of drug-likeness (QED) is 0.470. The molecule has 0 saturated carbocycles. The maximum atomic E-state index is 12.3. The molecule has 0 aliphatic carbocycles. The van der Waals surface area contributed by atoms with Crippen molar-refractivity contribution in [1.29, 1.82) is 5.26 Å². The standard InChI is InChI=1S/C18H15N3O6/c1-11(27-18(23)13-5-3-4-12(8-13)10-19)17(22)20-15-9-14(21(24)25)6-7-16(15)26-2/h3-9,11H,1-2H3,(H,20,22)/t11-/m0/s1. The molecule has 0 aromatic heterocycles. The number of nitro groups is 1. The average Bonchev–Trinajstić information content (AvgIpc) is 2.67. The van der Waals surface area contributed by atoms with Crippen LogP contribution in [0.4, 0.5) is 11.4 Å². The number of hydrogen-bond donors (Lipinski definition) is 1. The van der Waals surface area contributed by atoms with Gasteiger partial charge in [0.2, 0.25) is 0 Å². The van der Waals surface area contributed by atoms with Crippen LogP contribution in [0.2, 0.25) is 0 Å². The third kappa shape index (κ3) is 4.79. The van der Waals surface area contributed by atoms with Gasteiger partial charge in [0.1, 0.15) is 5.75 Å². The van der Waals surface area contributed by atoms with Gasteiger partial charge in [0.25, 0.3) is 11.6 Å². The van der Waals surface area contributed by atoms with Gasteiger partial charge < -0.3 is 14.8 Å². The maximum Gasteiger partial charge on any atom is 0.338 e. The van der Waals surface area contributed by atoms with Gasteiger partial charge in [0, 0.05) is 12.1 Å². The first kappa shape index (κ1) is 19.4. The average molecular weight is 369 g/mol. The first-order chi connectivity index (χ1) is 12.8. The zero-order valence-corrected chi connectivity index (χ0v) is 14.5. The molecular formula is C18H15N3O6. The zero-order valence-electron chi connectivity index (χ0n) is 14.5. The second kappa shape index (κ2) is 8.44. The highest BCUT2D eigenvalue weighted by molar-refractivity contribution is 5.98. The number of ether oxygens (including phenoxy) is 2. The van der Waals surface area contributed by atoms with Crippen LogP contribution in [-0.2, 0) is 9.53 Å². The van der Waals surface area contributed by atoms with E-state index in [2.05, 4.69) is 5.32 Å². The molecule has 0 heterocycles. The Morgan fingerprint density at radius 1 is 1.26 bits per heavy atom. The molecule has 0 bridgehead atoms. The van der Waals surface area contributed by atoms with Crippen LogP contribution in [-0.4, -0.2) is 30.0 Å². The molecule has 9 heteroatoms. The van der Waals surface area contributed by atoms with Crippen molar-refractivity contribution in [3.63, 3.8) is 0 Å². The number of anilines is 1. The molecule has 0 spiro atoms. The number of nitrogens with one attached hydrogen (secondary N) is 1. The van der Waals surface area contributed by atoms with E-state index in [-0.39, 0.29) is 28.3 Å². The summed E-state index contributed by atoms with van der Waals surface area (Å²) in [5.74, 6) is -1.26. The van der Waals surface area contributed by atoms with Gasteiger partial charge in [-0.25, -0.2) is 4.79 Å². The molecular weight excluding hydrogens is 354 g/mol. The van der Waals surface area contributed by atoms with E-state index in [1.807, 2.05) is 6.07 Å². The minimum Gasteiger partial charge on any atom is -0.495 e. The molecule has 0 aliphatic rings.